The molecule has 0 bridgehead atoms. The molecule has 0 fully saturated rings. The molecule has 0 heterocycles. The zero-order valence-electron chi connectivity index (χ0n) is 9.46. The van der Waals surface area contributed by atoms with E-state index in [0.717, 1.165) is 0 Å². The van der Waals surface area contributed by atoms with Crippen LogP contribution in [0.5, 0.6) is 0 Å². The largest absolute Gasteiger partial charge is 0.0587 e. The lowest BCUT2D eigenvalue weighted by atomic mass is 10.0. The Hall–Kier alpha value is -1.04. The van der Waals surface area contributed by atoms with Gasteiger partial charge in [0.2, 0.25) is 0 Å². The van der Waals surface area contributed by atoms with Crippen molar-refractivity contribution in [3.8, 4) is 0 Å². The highest BCUT2D eigenvalue weighted by Gasteiger charge is 2.18. The Morgan fingerprint density at radius 3 is 1.29 bits per heavy atom. The predicted octanol–water partition coefficient (Wildman–Crippen LogP) is 4.03. The Labute approximate surface area is 86.7 Å². The smallest absolute Gasteiger partial charge is 0.0178 e. The minimum Gasteiger partial charge on any atom is -0.0587 e. The molecule has 0 saturated heterocycles. The van der Waals surface area contributed by atoms with Crippen molar-refractivity contribution in [2.75, 3.05) is 0 Å². The summed E-state index contributed by atoms with van der Waals surface area (Å²) in [6, 6.07) is 0. The SMILES string of the molecule is CC(C)C1=CC2=CC(C(C)C)=CC2=C1. The summed E-state index contributed by atoms with van der Waals surface area (Å²) in [5.74, 6) is 1.29. The summed E-state index contributed by atoms with van der Waals surface area (Å²) in [6.45, 7) is 8.99. The monoisotopic (exact) mass is 186 g/mol. The van der Waals surface area contributed by atoms with Crippen LogP contribution in [0.2, 0.25) is 0 Å². The van der Waals surface area contributed by atoms with Crippen LogP contribution in [0.3, 0.4) is 0 Å². The molecule has 2 aliphatic carbocycles. The summed E-state index contributed by atoms with van der Waals surface area (Å²) >= 11 is 0. The Kier molecular flexibility index (Phi) is 2.22. The molecule has 0 aromatic carbocycles. The van der Waals surface area contributed by atoms with Gasteiger partial charge in [0.25, 0.3) is 0 Å². The van der Waals surface area contributed by atoms with Crippen molar-refractivity contribution >= 4 is 0 Å². The zero-order chi connectivity index (χ0) is 10.3. The molecule has 0 aromatic heterocycles. The zero-order valence-corrected chi connectivity index (χ0v) is 9.46. The molecule has 0 nitrogen and oxygen atoms in total. The maximum atomic E-state index is 2.33. The molecule has 0 aromatic rings. The molecule has 0 unspecified atom stereocenters. The quantitative estimate of drug-likeness (QED) is 0.610. The van der Waals surface area contributed by atoms with Crippen LogP contribution >= 0.6 is 0 Å². The van der Waals surface area contributed by atoms with E-state index >= 15 is 0 Å². The third-order valence-corrected chi connectivity index (χ3v) is 2.96. The second-order valence-electron chi connectivity index (χ2n) is 4.80. The first-order chi connectivity index (χ1) is 6.58. The molecule has 0 heteroatoms. The Morgan fingerprint density at radius 2 is 1.00 bits per heavy atom. The molecule has 0 saturated carbocycles. The summed E-state index contributed by atoms with van der Waals surface area (Å²) in [5, 5.41) is 0. The standard InChI is InChI=1S/C14H18/c1-9(2)11-5-13-7-12(10(3)4)8-14(13)6-11/h5-10H,1-4H3. The fourth-order valence-corrected chi connectivity index (χ4v) is 1.88. The molecular weight excluding hydrogens is 168 g/mol. The Morgan fingerprint density at radius 1 is 0.643 bits per heavy atom. The Bertz CT molecular complexity index is 333. The van der Waals surface area contributed by atoms with Gasteiger partial charge in [0.05, 0.1) is 0 Å². The van der Waals surface area contributed by atoms with Crippen LogP contribution < -0.4 is 0 Å². The van der Waals surface area contributed by atoms with Gasteiger partial charge in [-0.05, 0) is 34.1 Å². The number of rotatable bonds is 2. The van der Waals surface area contributed by atoms with E-state index in [1.807, 2.05) is 0 Å². The average Bonchev–Trinajstić information content (AvgIpc) is 2.57. The van der Waals surface area contributed by atoms with E-state index in [9.17, 15) is 0 Å². The number of hydrogen-bond acceptors (Lipinski definition) is 0. The van der Waals surface area contributed by atoms with E-state index in [-0.39, 0.29) is 0 Å². The minimum absolute atomic E-state index is 0.643. The third-order valence-electron chi connectivity index (χ3n) is 2.96. The van der Waals surface area contributed by atoms with E-state index in [1.54, 1.807) is 0 Å². The number of allylic oxidation sites excluding steroid dienone is 8. The van der Waals surface area contributed by atoms with Crippen molar-refractivity contribution in [2.45, 2.75) is 27.7 Å². The maximum absolute atomic E-state index is 2.33. The van der Waals surface area contributed by atoms with E-state index in [4.69, 9.17) is 0 Å². The second-order valence-corrected chi connectivity index (χ2v) is 4.80. The first kappa shape index (κ1) is 9.51. The van der Waals surface area contributed by atoms with Crippen molar-refractivity contribution in [3.05, 3.63) is 46.6 Å². The molecule has 0 N–H and O–H groups in total. The van der Waals surface area contributed by atoms with Gasteiger partial charge in [0, 0.05) is 0 Å². The second kappa shape index (κ2) is 3.27. The highest BCUT2D eigenvalue weighted by molar-refractivity contribution is 5.65. The van der Waals surface area contributed by atoms with Gasteiger partial charge in [0.1, 0.15) is 0 Å². The summed E-state index contributed by atoms with van der Waals surface area (Å²) in [7, 11) is 0. The molecule has 0 radical (unpaired) electrons. The van der Waals surface area contributed by atoms with E-state index in [1.165, 1.54) is 22.3 Å². The highest BCUT2D eigenvalue weighted by atomic mass is 14.2. The van der Waals surface area contributed by atoms with Gasteiger partial charge in [-0.15, -0.1) is 0 Å². The minimum atomic E-state index is 0.643. The fraction of sp³-hybridized carbons (Fsp3) is 0.429. The molecule has 2 rings (SSSR count). The van der Waals surface area contributed by atoms with Crippen LogP contribution in [0.4, 0.5) is 0 Å². The van der Waals surface area contributed by atoms with Crippen LogP contribution in [-0.4, -0.2) is 0 Å². The van der Waals surface area contributed by atoms with E-state index < -0.39 is 0 Å². The van der Waals surface area contributed by atoms with Crippen LogP contribution in [-0.2, 0) is 0 Å². The van der Waals surface area contributed by atoms with Crippen LogP contribution in [0.1, 0.15) is 27.7 Å². The summed E-state index contributed by atoms with van der Waals surface area (Å²) < 4.78 is 0. The lowest BCUT2D eigenvalue weighted by Gasteiger charge is -2.03. The van der Waals surface area contributed by atoms with Gasteiger partial charge >= 0.3 is 0 Å². The maximum Gasteiger partial charge on any atom is -0.0178 e. The third kappa shape index (κ3) is 1.50. The molecule has 0 atom stereocenters. The van der Waals surface area contributed by atoms with Gasteiger partial charge in [-0.3, -0.25) is 0 Å². The van der Waals surface area contributed by atoms with Crippen molar-refractivity contribution in [3.63, 3.8) is 0 Å². The molecule has 74 valence electrons. The fourth-order valence-electron chi connectivity index (χ4n) is 1.88. The van der Waals surface area contributed by atoms with Gasteiger partial charge < -0.3 is 0 Å². The van der Waals surface area contributed by atoms with Crippen molar-refractivity contribution in [1.29, 1.82) is 0 Å². The van der Waals surface area contributed by atoms with Crippen molar-refractivity contribution in [1.82, 2.24) is 0 Å². The van der Waals surface area contributed by atoms with Crippen molar-refractivity contribution < 1.29 is 0 Å². The summed E-state index contributed by atoms with van der Waals surface area (Å²) in [6.07, 6.45) is 9.30. The van der Waals surface area contributed by atoms with E-state index in [2.05, 4.69) is 52.0 Å². The topological polar surface area (TPSA) is 0 Å². The first-order valence-corrected chi connectivity index (χ1v) is 5.45. The molecule has 0 amide bonds. The van der Waals surface area contributed by atoms with Gasteiger partial charge in [-0.2, -0.15) is 0 Å². The normalized spacial score (nSPS) is 19.6. The van der Waals surface area contributed by atoms with Gasteiger partial charge in [-0.25, -0.2) is 0 Å². The van der Waals surface area contributed by atoms with Crippen molar-refractivity contribution in [2.24, 2.45) is 11.8 Å². The number of hydrogen-bond donors (Lipinski definition) is 0. The van der Waals surface area contributed by atoms with Gasteiger partial charge in [0.15, 0.2) is 0 Å². The molecule has 14 heavy (non-hydrogen) atoms. The molecule has 0 spiro atoms. The lowest BCUT2D eigenvalue weighted by Crippen LogP contribution is -1.89. The first-order valence-electron chi connectivity index (χ1n) is 5.45. The molecule has 0 aliphatic heterocycles. The Balaban J connectivity index is 2.26. The lowest BCUT2D eigenvalue weighted by molar-refractivity contribution is 0.789. The van der Waals surface area contributed by atoms with Crippen LogP contribution in [0.15, 0.2) is 46.6 Å². The molecular formula is C14H18. The average molecular weight is 186 g/mol. The molecule has 2 aliphatic rings. The predicted molar refractivity (Wildman–Crippen MR) is 62.0 cm³/mol. The highest BCUT2D eigenvalue weighted by Crippen LogP contribution is 2.36. The summed E-state index contributed by atoms with van der Waals surface area (Å²) in [5.41, 5.74) is 5.76. The van der Waals surface area contributed by atoms with Crippen LogP contribution in [0, 0.1) is 11.8 Å². The van der Waals surface area contributed by atoms with E-state index in [0.29, 0.717) is 11.8 Å². The summed E-state index contributed by atoms with van der Waals surface area (Å²) in [4.78, 5) is 0. The van der Waals surface area contributed by atoms with Gasteiger partial charge in [-0.1, -0.05) is 52.0 Å². The van der Waals surface area contributed by atoms with Crippen LogP contribution in [0.25, 0.3) is 0 Å². The number of fused-ring (bicyclic) bond motifs is 1.